The van der Waals surface area contributed by atoms with Gasteiger partial charge in [0, 0.05) is 12.1 Å². The van der Waals surface area contributed by atoms with Gasteiger partial charge in [-0.1, -0.05) is 6.42 Å². The van der Waals surface area contributed by atoms with Crippen LogP contribution in [0, 0.1) is 0 Å². The van der Waals surface area contributed by atoms with Crippen LogP contribution in [0.2, 0.25) is 0 Å². The van der Waals surface area contributed by atoms with Gasteiger partial charge in [-0.05, 0) is 26.7 Å². The van der Waals surface area contributed by atoms with Crippen molar-refractivity contribution in [1.29, 1.82) is 0 Å². The molecule has 1 aliphatic rings. The number of carbonyl (C=O) groups is 2. The molecule has 0 aliphatic carbocycles. The zero-order chi connectivity index (χ0) is 15.3. The summed E-state index contributed by atoms with van der Waals surface area (Å²) in [4.78, 5) is 24.7. The van der Waals surface area contributed by atoms with Crippen molar-refractivity contribution < 1.29 is 22.8 Å². The molecule has 1 fully saturated rings. The minimum Gasteiger partial charge on any atom is -0.329 e. The molecule has 8 heteroatoms. The number of nitrogens with zero attached hydrogens (tertiary/aromatic N) is 1. The number of piperidine rings is 1. The molecule has 3 amide bonds. The lowest BCUT2D eigenvalue weighted by Gasteiger charge is -2.38. The van der Waals surface area contributed by atoms with Gasteiger partial charge in [0.1, 0.15) is 6.54 Å². The molecule has 1 rings (SSSR count). The molecular weight excluding hydrogens is 275 g/mol. The number of hydrogen-bond donors (Lipinski definition) is 2. The van der Waals surface area contributed by atoms with E-state index in [1.54, 1.807) is 5.32 Å². The van der Waals surface area contributed by atoms with Crippen molar-refractivity contribution >= 4 is 11.9 Å². The number of alkyl halides is 3. The van der Waals surface area contributed by atoms with E-state index in [0.717, 1.165) is 19.3 Å². The monoisotopic (exact) mass is 295 g/mol. The number of imide groups is 1. The van der Waals surface area contributed by atoms with Gasteiger partial charge in [-0.2, -0.15) is 13.2 Å². The van der Waals surface area contributed by atoms with E-state index in [1.165, 1.54) is 0 Å². The van der Waals surface area contributed by atoms with Crippen molar-refractivity contribution in [3.05, 3.63) is 0 Å². The van der Waals surface area contributed by atoms with Crippen LogP contribution < -0.4 is 10.6 Å². The van der Waals surface area contributed by atoms with Crippen LogP contribution in [0.1, 0.15) is 33.1 Å². The fourth-order valence-electron chi connectivity index (χ4n) is 2.34. The predicted molar refractivity (Wildman–Crippen MR) is 67.1 cm³/mol. The Balaban J connectivity index is 2.37. The lowest BCUT2D eigenvalue weighted by molar-refractivity contribution is -0.125. The van der Waals surface area contributed by atoms with Crippen LogP contribution in [-0.2, 0) is 4.79 Å². The van der Waals surface area contributed by atoms with Crippen molar-refractivity contribution in [3.63, 3.8) is 0 Å². The van der Waals surface area contributed by atoms with Gasteiger partial charge in [0.2, 0.25) is 5.91 Å². The highest BCUT2D eigenvalue weighted by Gasteiger charge is 2.29. The molecule has 0 spiro atoms. The van der Waals surface area contributed by atoms with E-state index in [0.29, 0.717) is 0 Å². The number of halogens is 3. The molecule has 116 valence electrons. The molecule has 1 aliphatic heterocycles. The summed E-state index contributed by atoms with van der Waals surface area (Å²) in [5, 5.41) is 3.51. The zero-order valence-corrected chi connectivity index (χ0v) is 11.6. The van der Waals surface area contributed by atoms with Crippen molar-refractivity contribution in [2.24, 2.45) is 0 Å². The molecule has 0 aromatic heterocycles. The highest BCUT2D eigenvalue weighted by atomic mass is 19.4. The Morgan fingerprint density at radius 3 is 2.25 bits per heavy atom. The summed E-state index contributed by atoms with van der Waals surface area (Å²) in [6, 6.07) is -0.671. The highest BCUT2D eigenvalue weighted by molar-refractivity contribution is 5.95. The molecule has 0 unspecified atom stereocenters. The van der Waals surface area contributed by atoms with E-state index < -0.39 is 24.7 Å². The third-order valence-electron chi connectivity index (χ3n) is 3.40. The normalized spacial score (nSPS) is 24.2. The molecule has 1 heterocycles. The molecule has 20 heavy (non-hydrogen) atoms. The molecule has 0 aromatic rings. The van der Waals surface area contributed by atoms with E-state index in [4.69, 9.17) is 0 Å². The fraction of sp³-hybridized carbons (Fsp3) is 0.833. The smallest absolute Gasteiger partial charge is 0.329 e. The summed E-state index contributed by atoms with van der Waals surface area (Å²) < 4.78 is 35.7. The maximum atomic E-state index is 11.9. The standard InChI is InChI=1S/C12H20F3N3O2/c1-8-4-3-5-9(2)18(8)6-10(19)17-11(20)16-7-12(13,14)15/h8-9H,3-7H2,1-2H3,(H2,16,17,19,20)/t8-,9+. The molecule has 0 aromatic carbocycles. The van der Waals surface area contributed by atoms with Gasteiger partial charge >= 0.3 is 12.2 Å². The number of rotatable bonds is 3. The molecule has 1 saturated heterocycles. The third kappa shape index (κ3) is 5.77. The number of amides is 3. The lowest BCUT2D eigenvalue weighted by Crippen LogP contribution is -2.51. The topological polar surface area (TPSA) is 61.4 Å². The van der Waals surface area contributed by atoms with Crippen LogP contribution in [0.3, 0.4) is 0 Å². The first kappa shape index (κ1) is 16.7. The van der Waals surface area contributed by atoms with Crippen molar-refractivity contribution in [2.75, 3.05) is 13.1 Å². The first-order valence-electron chi connectivity index (χ1n) is 6.59. The van der Waals surface area contributed by atoms with Crippen LogP contribution in [-0.4, -0.2) is 48.2 Å². The molecule has 0 saturated carbocycles. The summed E-state index contributed by atoms with van der Waals surface area (Å²) in [6.07, 6.45) is -1.46. The minimum absolute atomic E-state index is 0.0156. The average molecular weight is 295 g/mol. The van der Waals surface area contributed by atoms with E-state index in [2.05, 4.69) is 0 Å². The van der Waals surface area contributed by atoms with Gasteiger partial charge < -0.3 is 5.32 Å². The van der Waals surface area contributed by atoms with Gasteiger partial charge in [-0.3, -0.25) is 15.0 Å². The Morgan fingerprint density at radius 2 is 1.75 bits per heavy atom. The second-order valence-electron chi connectivity index (χ2n) is 5.15. The molecular formula is C12H20F3N3O2. The lowest BCUT2D eigenvalue weighted by atomic mass is 9.97. The van der Waals surface area contributed by atoms with E-state index in [1.807, 2.05) is 24.1 Å². The van der Waals surface area contributed by atoms with Crippen LogP contribution in [0.4, 0.5) is 18.0 Å². The van der Waals surface area contributed by atoms with Crippen LogP contribution in [0.25, 0.3) is 0 Å². The first-order chi connectivity index (χ1) is 9.19. The largest absolute Gasteiger partial charge is 0.405 e. The van der Waals surface area contributed by atoms with Crippen LogP contribution in [0.15, 0.2) is 0 Å². The Bertz CT molecular complexity index is 350. The number of carbonyl (C=O) groups excluding carboxylic acids is 2. The number of urea groups is 1. The maximum Gasteiger partial charge on any atom is 0.405 e. The average Bonchev–Trinajstić information content (AvgIpc) is 2.31. The van der Waals surface area contributed by atoms with Gasteiger partial charge in [0.15, 0.2) is 0 Å². The summed E-state index contributed by atoms with van der Waals surface area (Å²) in [6.45, 7) is 2.55. The Kier molecular flexibility index (Phi) is 5.79. The molecule has 5 nitrogen and oxygen atoms in total. The maximum absolute atomic E-state index is 11.9. The quantitative estimate of drug-likeness (QED) is 0.832. The van der Waals surface area contributed by atoms with Crippen molar-refractivity contribution in [2.45, 2.75) is 51.4 Å². The van der Waals surface area contributed by atoms with Crippen molar-refractivity contribution in [3.8, 4) is 0 Å². The van der Waals surface area contributed by atoms with Gasteiger partial charge in [0.25, 0.3) is 0 Å². The SMILES string of the molecule is C[C@@H]1CCC[C@H](C)N1CC(=O)NC(=O)NCC(F)(F)F. The third-order valence-corrected chi connectivity index (χ3v) is 3.40. The Morgan fingerprint density at radius 1 is 1.20 bits per heavy atom. The molecule has 0 radical (unpaired) electrons. The number of hydrogen-bond acceptors (Lipinski definition) is 3. The van der Waals surface area contributed by atoms with Crippen LogP contribution in [0.5, 0.6) is 0 Å². The Hall–Kier alpha value is -1.31. The minimum atomic E-state index is -4.49. The van der Waals surface area contributed by atoms with Gasteiger partial charge in [0.05, 0.1) is 6.54 Å². The first-order valence-corrected chi connectivity index (χ1v) is 6.59. The van der Waals surface area contributed by atoms with E-state index in [-0.39, 0.29) is 18.6 Å². The predicted octanol–water partition coefficient (Wildman–Crippen LogP) is 1.64. The fourth-order valence-corrected chi connectivity index (χ4v) is 2.34. The summed E-state index contributed by atoms with van der Waals surface area (Å²) in [5.74, 6) is -0.592. The molecule has 2 N–H and O–H groups in total. The van der Waals surface area contributed by atoms with Gasteiger partial charge in [-0.25, -0.2) is 4.79 Å². The van der Waals surface area contributed by atoms with E-state index in [9.17, 15) is 22.8 Å². The van der Waals surface area contributed by atoms with Gasteiger partial charge in [-0.15, -0.1) is 0 Å². The summed E-state index contributed by atoms with van der Waals surface area (Å²) >= 11 is 0. The molecule has 0 bridgehead atoms. The highest BCUT2D eigenvalue weighted by Crippen LogP contribution is 2.21. The van der Waals surface area contributed by atoms with Crippen molar-refractivity contribution in [1.82, 2.24) is 15.5 Å². The zero-order valence-electron chi connectivity index (χ0n) is 11.6. The molecule has 2 atom stereocenters. The second kappa shape index (κ2) is 6.92. The number of likely N-dealkylation sites (tertiary alicyclic amines) is 1. The Labute approximate surface area is 115 Å². The summed E-state index contributed by atoms with van der Waals surface area (Å²) in [7, 11) is 0. The summed E-state index contributed by atoms with van der Waals surface area (Å²) in [5.41, 5.74) is 0. The second-order valence-corrected chi connectivity index (χ2v) is 5.15. The number of nitrogens with one attached hydrogen (secondary N) is 2. The van der Waals surface area contributed by atoms with E-state index >= 15 is 0 Å². The van der Waals surface area contributed by atoms with Crippen LogP contribution >= 0.6 is 0 Å².